The van der Waals surface area contributed by atoms with Gasteiger partial charge in [0.25, 0.3) is 0 Å². The van der Waals surface area contributed by atoms with Crippen molar-refractivity contribution < 1.29 is 20.4 Å². The van der Waals surface area contributed by atoms with E-state index in [1.807, 2.05) is 20.0 Å². The quantitative estimate of drug-likeness (QED) is 0.681. The SMILES string of the molecule is CC.C[CH-]c1ccc2ncc(CC)cc2c1.[Re]. The fourth-order valence-corrected chi connectivity index (χ4v) is 1.57. The fourth-order valence-electron chi connectivity index (χ4n) is 1.57. The fraction of sp³-hybridized carbons (Fsp3) is 0.333. The molecule has 93 valence electrons. The summed E-state index contributed by atoms with van der Waals surface area (Å²) in [5, 5.41) is 1.24. The average molecular weight is 401 g/mol. The van der Waals surface area contributed by atoms with E-state index in [4.69, 9.17) is 0 Å². The normalized spacial score (nSPS) is 8.94. The summed E-state index contributed by atoms with van der Waals surface area (Å²) >= 11 is 0. The summed E-state index contributed by atoms with van der Waals surface area (Å²) in [6.45, 7) is 8.21. The van der Waals surface area contributed by atoms with Gasteiger partial charge in [-0.1, -0.05) is 45.2 Å². The molecule has 0 aliphatic rings. The Balaban J connectivity index is 0.000000811. The number of nitrogens with zero attached hydrogens (tertiary/aromatic N) is 1. The van der Waals surface area contributed by atoms with Crippen molar-refractivity contribution in [3.05, 3.63) is 48.0 Å². The summed E-state index contributed by atoms with van der Waals surface area (Å²) < 4.78 is 0. The molecule has 0 saturated carbocycles. The predicted molar refractivity (Wildman–Crippen MR) is 71.5 cm³/mol. The molecule has 2 rings (SSSR count). The van der Waals surface area contributed by atoms with Gasteiger partial charge in [0.1, 0.15) is 0 Å². The number of benzene rings is 1. The molecular weight excluding hydrogens is 380 g/mol. The van der Waals surface area contributed by atoms with E-state index < -0.39 is 0 Å². The molecule has 2 aromatic rings. The smallest absolute Gasteiger partial charge is 0.0460 e. The van der Waals surface area contributed by atoms with Gasteiger partial charge in [-0.15, -0.1) is 0 Å². The topological polar surface area (TPSA) is 12.9 Å². The molecule has 0 aliphatic carbocycles. The van der Waals surface area contributed by atoms with Crippen molar-refractivity contribution in [1.82, 2.24) is 4.98 Å². The summed E-state index contributed by atoms with van der Waals surface area (Å²) in [6.07, 6.45) is 5.11. The zero-order valence-corrected chi connectivity index (χ0v) is 13.7. The van der Waals surface area contributed by atoms with Crippen LogP contribution in [0.3, 0.4) is 0 Å². The molecule has 0 N–H and O–H groups in total. The van der Waals surface area contributed by atoms with Gasteiger partial charge in [-0.25, -0.2) is 0 Å². The second kappa shape index (κ2) is 8.28. The molecule has 1 aromatic carbocycles. The zero-order chi connectivity index (χ0) is 12.0. The first kappa shape index (κ1) is 16.2. The minimum atomic E-state index is 0. The minimum absolute atomic E-state index is 0. The maximum Gasteiger partial charge on any atom is 0.0460 e. The standard InChI is InChI=1S/C13H14N.C2H6.Re/c1-3-10-5-6-13-12(7-10)8-11(4-2)9-14-13;1-2;/h3,5-9H,4H2,1-2H3;1-2H3;/q-1;;. The van der Waals surface area contributed by atoms with Gasteiger partial charge >= 0.3 is 0 Å². The first-order valence-corrected chi connectivity index (χ1v) is 6.01. The summed E-state index contributed by atoms with van der Waals surface area (Å²) in [4.78, 5) is 4.41. The average Bonchev–Trinajstić information content (AvgIpc) is 2.39. The van der Waals surface area contributed by atoms with Gasteiger partial charge in [-0.3, -0.25) is 4.98 Å². The second-order valence-electron chi connectivity index (χ2n) is 3.44. The van der Waals surface area contributed by atoms with Crippen LogP contribution in [0.2, 0.25) is 0 Å². The van der Waals surface area contributed by atoms with Gasteiger partial charge < -0.3 is 0 Å². The van der Waals surface area contributed by atoms with E-state index in [0.717, 1.165) is 11.9 Å². The van der Waals surface area contributed by atoms with Gasteiger partial charge in [-0.2, -0.15) is 24.1 Å². The first-order chi connectivity index (χ1) is 7.83. The van der Waals surface area contributed by atoms with E-state index in [9.17, 15) is 0 Å². The third-order valence-electron chi connectivity index (χ3n) is 2.50. The summed E-state index contributed by atoms with van der Waals surface area (Å²) in [5.74, 6) is 0. The Morgan fingerprint density at radius 1 is 1.18 bits per heavy atom. The van der Waals surface area contributed by atoms with E-state index in [1.165, 1.54) is 16.5 Å². The number of fused-ring (bicyclic) bond motifs is 1. The van der Waals surface area contributed by atoms with Crippen molar-refractivity contribution in [2.24, 2.45) is 0 Å². The number of hydrogen-bond donors (Lipinski definition) is 0. The molecule has 0 unspecified atom stereocenters. The van der Waals surface area contributed by atoms with Gasteiger partial charge in [0.05, 0.1) is 0 Å². The number of rotatable bonds is 2. The molecule has 0 fully saturated rings. The monoisotopic (exact) mass is 401 g/mol. The van der Waals surface area contributed by atoms with Gasteiger partial charge in [0.2, 0.25) is 0 Å². The van der Waals surface area contributed by atoms with E-state index in [0.29, 0.717) is 0 Å². The van der Waals surface area contributed by atoms with Crippen molar-refractivity contribution in [2.45, 2.75) is 34.1 Å². The Morgan fingerprint density at radius 3 is 2.47 bits per heavy atom. The Morgan fingerprint density at radius 2 is 1.88 bits per heavy atom. The van der Waals surface area contributed by atoms with Crippen molar-refractivity contribution in [3.63, 3.8) is 0 Å². The third kappa shape index (κ3) is 4.15. The maximum atomic E-state index is 4.41. The van der Waals surface area contributed by atoms with Gasteiger partial charge in [-0.05, 0) is 12.0 Å². The molecule has 0 amide bonds. The van der Waals surface area contributed by atoms with E-state index in [-0.39, 0.29) is 20.4 Å². The Labute approximate surface area is 118 Å². The molecule has 2 heteroatoms. The van der Waals surface area contributed by atoms with Crippen molar-refractivity contribution >= 4 is 10.9 Å². The van der Waals surface area contributed by atoms with Crippen LogP contribution in [0.4, 0.5) is 0 Å². The zero-order valence-electron chi connectivity index (χ0n) is 11.0. The molecule has 1 heterocycles. The van der Waals surface area contributed by atoms with E-state index in [2.05, 4.69) is 49.5 Å². The van der Waals surface area contributed by atoms with Crippen LogP contribution in [0.15, 0.2) is 30.5 Å². The van der Waals surface area contributed by atoms with Crippen LogP contribution in [0.5, 0.6) is 0 Å². The second-order valence-corrected chi connectivity index (χ2v) is 3.44. The van der Waals surface area contributed by atoms with Crippen molar-refractivity contribution in [2.75, 3.05) is 0 Å². The first-order valence-electron chi connectivity index (χ1n) is 6.01. The molecular formula is C15H20NRe-. The molecule has 0 spiro atoms. The summed E-state index contributed by atoms with van der Waals surface area (Å²) in [5.41, 5.74) is 3.63. The molecule has 0 saturated heterocycles. The van der Waals surface area contributed by atoms with Crippen LogP contribution >= 0.6 is 0 Å². The third-order valence-corrected chi connectivity index (χ3v) is 2.50. The molecule has 0 aliphatic heterocycles. The van der Waals surface area contributed by atoms with E-state index >= 15 is 0 Å². The van der Waals surface area contributed by atoms with Crippen molar-refractivity contribution in [3.8, 4) is 0 Å². The molecule has 0 atom stereocenters. The van der Waals surface area contributed by atoms with Crippen LogP contribution in [0.25, 0.3) is 10.9 Å². The Bertz CT molecular complexity index is 413. The Kier molecular flexibility index (Phi) is 7.87. The molecule has 0 bridgehead atoms. The molecule has 1 aromatic heterocycles. The Hall–Kier alpha value is -0.838. The van der Waals surface area contributed by atoms with Gasteiger partial charge in [0, 0.05) is 32.1 Å². The summed E-state index contributed by atoms with van der Waals surface area (Å²) in [7, 11) is 0. The number of hydrogen-bond acceptors (Lipinski definition) is 1. The van der Waals surface area contributed by atoms with Crippen LogP contribution in [0.1, 0.15) is 38.8 Å². The van der Waals surface area contributed by atoms with Gasteiger partial charge in [0.15, 0.2) is 0 Å². The van der Waals surface area contributed by atoms with E-state index in [1.54, 1.807) is 0 Å². The number of aryl methyl sites for hydroxylation is 1. The molecule has 1 nitrogen and oxygen atoms in total. The van der Waals surface area contributed by atoms with Crippen LogP contribution in [-0.4, -0.2) is 4.98 Å². The number of pyridine rings is 1. The maximum absolute atomic E-state index is 4.41. The number of aromatic nitrogens is 1. The van der Waals surface area contributed by atoms with Crippen molar-refractivity contribution in [1.29, 1.82) is 0 Å². The van der Waals surface area contributed by atoms with Crippen LogP contribution in [-0.2, 0) is 26.8 Å². The molecule has 17 heavy (non-hydrogen) atoms. The van der Waals surface area contributed by atoms with Crippen LogP contribution in [0, 0.1) is 6.42 Å². The van der Waals surface area contributed by atoms with Crippen LogP contribution < -0.4 is 0 Å². The largest absolute Gasteiger partial charge is 0.258 e. The minimum Gasteiger partial charge on any atom is -0.258 e. The predicted octanol–water partition coefficient (Wildman–Crippen LogP) is 4.39. The summed E-state index contributed by atoms with van der Waals surface area (Å²) in [6, 6.07) is 8.57. The molecule has 1 radical (unpaired) electrons.